The molecule has 0 bridgehead atoms. The molecule has 26 heavy (non-hydrogen) atoms. The van der Waals surface area contributed by atoms with Gasteiger partial charge in [-0.05, 0) is 53.0 Å². The summed E-state index contributed by atoms with van der Waals surface area (Å²) in [4.78, 5) is 41.5. The van der Waals surface area contributed by atoms with E-state index in [1.807, 2.05) is 20.8 Å². The van der Waals surface area contributed by atoms with Crippen LogP contribution in [-0.4, -0.2) is 83.3 Å². The van der Waals surface area contributed by atoms with Gasteiger partial charge in [-0.15, -0.1) is 0 Å². The van der Waals surface area contributed by atoms with Gasteiger partial charge in [-0.25, -0.2) is 14.5 Å². The van der Waals surface area contributed by atoms with Crippen LogP contribution in [0.5, 0.6) is 0 Å². The highest BCUT2D eigenvalue weighted by Crippen LogP contribution is 2.34. The summed E-state index contributed by atoms with van der Waals surface area (Å²) in [6.07, 6.45) is 2.22. The number of rotatable bonds is 1. The minimum absolute atomic E-state index is 0.238. The molecule has 1 spiro atoms. The average Bonchev–Trinajstić information content (AvgIpc) is 2.77. The lowest BCUT2D eigenvalue weighted by Crippen LogP contribution is -2.57. The first-order valence-electron chi connectivity index (χ1n) is 9.34. The van der Waals surface area contributed by atoms with E-state index in [-0.39, 0.29) is 18.0 Å². The fourth-order valence-electron chi connectivity index (χ4n) is 4.03. The Hall–Kier alpha value is -1.83. The first kappa shape index (κ1) is 18.9. The van der Waals surface area contributed by atoms with Crippen LogP contribution in [0, 0.1) is 0 Å². The average molecular weight is 367 g/mol. The number of hydrogen-bond acceptors (Lipinski definition) is 6. The van der Waals surface area contributed by atoms with Crippen molar-refractivity contribution < 1.29 is 23.9 Å². The van der Waals surface area contributed by atoms with Crippen LogP contribution >= 0.6 is 0 Å². The highest BCUT2D eigenvalue weighted by molar-refractivity contribution is 6.02. The smallest absolute Gasteiger partial charge is 0.417 e. The normalized spacial score (nSPS) is 28.6. The number of likely N-dealkylation sites (tertiary alicyclic amines) is 2. The topological polar surface area (TPSA) is 79.4 Å². The third-order valence-corrected chi connectivity index (χ3v) is 5.37. The summed E-state index contributed by atoms with van der Waals surface area (Å²) in [7, 11) is 1.47. The van der Waals surface area contributed by atoms with Crippen LogP contribution in [0.25, 0.3) is 0 Å². The van der Waals surface area contributed by atoms with E-state index in [1.165, 1.54) is 7.05 Å². The van der Waals surface area contributed by atoms with E-state index in [4.69, 9.17) is 9.47 Å². The zero-order chi connectivity index (χ0) is 19.1. The lowest BCUT2D eigenvalue weighted by atomic mass is 9.89. The first-order chi connectivity index (χ1) is 12.1. The van der Waals surface area contributed by atoms with Gasteiger partial charge in [-0.2, -0.15) is 0 Å². The molecule has 1 unspecified atom stereocenters. The number of likely N-dealkylation sites (N-methyl/N-ethyl adjacent to an activating group) is 1. The number of carbonyl (C=O) groups excluding carboxylic acids is 3. The second-order valence-corrected chi connectivity index (χ2v) is 8.50. The van der Waals surface area contributed by atoms with E-state index in [0.29, 0.717) is 26.1 Å². The highest BCUT2D eigenvalue weighted by atomic mass is 16.6. The number of amides is 3. The summed E-state index contributed by atoms with van der Waals surface area (Å²) in [5, 5.41) is 0. The van der Waals surface area contributed by atoms with E-state index >= 15 is 0 Å². The van der Waals surface area contributed by atoms with Crippen molar-refractivity contribution in [2.75, 3.05) is 33.2 Å². The largest absolute Gasteiger partial charge is 0.444 e. The number of hydrogen-bond donors (Lipinski definition) is 0. The zero-order valence-corrected chi connectivity index (χ0v) is 16.1. The van der Waals surface area contributed by atoms with Crippen molar-refractivity contribution in [1.82, 2.24) is 14.7 Å². The molecule has 0 N–H and O–H groups in total. The van der Waals surface area contributed by atoms with E-state index in [0.717, 1.165) is 30.7 Å². The molecule has 8 heteroatoms. The van der Waals surface area contributed by atoms with Crippen molar-refractivity contribution in [3.05, 3.63) is 0 Å². The maximum Gasteiger partial charge on any atom is 0.417 e. The third-order valence-electron chi connectivity index (χ3n) is 5.37. The minimum Gasteiger partial charge on any atom is -0.444 e. The van der Waals surface area contributed by atoms with Crippen LogP contribution in [0.15, 0.2) is 0 Å². The van der Waals surface area contributed by atoms with E-state index in [1.54, 1.807) is 4.90 Å². The fourth-order valence-corrected chi connectivity index (χ4v) is 4.03. The van der Waals surface area contributed by atoms with E-state index in [2.05, 4.69) is 4.90 Å². The van der Waals surface area contributed by atoms with Crippen molar-refractivity contribution in [3.8, 4) is 0 Å². The number of piperidine rings is 2. The summed E-state index contributed by atoms with van der Waals surface area (Å²) >= 11 is 0. The summed E-state index contributed by atoms with van der Waals surface area (Å²) < 4.78 is 10.9. The molecular weight excluding hydrogens is 338 g/mol. The number of imide groups is 1. The molecule has 3 aliphatic rings. The van der Waals surface area contributed by atoms with Gasteiger partial charge >= 0.3 is 12.2 Å². The van der Waals surface area contributed by atoms with Crippen LogP contribution in [0.4, 0.5) is 9.59 Å². The molecule has 3 amide bonds. The van der Waals surface area contributed by atoms with Gasteiger partial charge in [-0.3, -0.25) is 9.69 Å². The summed E-state index contributed by atoms with van der Waals surface area (Å²) in [6, 6.07) is 0.281. The molecule has 3 saturated heterocycles. The van der Waals surface area contributed by atoms with Gasteiger partial charge in [0.15, 0.2) is 0 Å². The monoisotopic (exact) mass is 367 g/mol. The predicted molar refractivity (Wildman–Crippen MR) is 93.6 cm³/mol. The maximum absolute atomic E-state index is 12.5. The van der Waals surface area contributed by atoms with Gasteiger partial charge in [0.2, 0.25) is 5.60 Å². The molecule has 3 heterocycles. The number of carbonyl (C=O) groups is 3. The van der Waals surface area contributed by atoms with Gasteiger partial charge in [-0.1, -0.05) is 0 Å². The highest BCUT2D eigenvalue weighted by Gasteiger charge is 2.55. The molecule has 0 aromatic carbocycles. The third kappa shape index (κ3) is 3.65. The number of ether oxygens (including phenoxy) is 2. The molecule has 0 aromatic heterocycles. The van der Waals surface area contributed by atoms with Crippen LogP contribution in [0.3, 0.4) is 0 Å². The lowest BCUT2D eigenvalue weighted by molar-refractivity contribution is -0.141. The zero-order valence-electron chi connectivity index (χ0n) is 16.1. The van der Waals surface area contributed by atoms with Crippen LogP contribution in [0.1, 0.15) is 46.5 Å². The first-order valence-corrected chi connectivity index (χ1v) is 9.34. The second-order valence-electron chi connectivity index (χ2n) is 8.50. The Balaban J connectivity index is 1.57. The van der Waals surface area contributed by atoms with Crippen molar-refractivity contribution in [1.29, 1.82) is 0 Å². The standard InChI is InChI=1S/C18H29N3O5/c1-17(2,3)25-16(24)20-10-6-13(7-11-20)21-9-5-8-18(12-21)14(22)19(4)15(23)26-18/h13H,5-12H2,1-4H3. The van der Waals surface area contributed by atoms with Gasteiger partial charge < -0.3 is 14.4 Å². The summed E-state index contributed by atoms with van der Waals surface area (Å²) in [5.41, 5.74) is -1.52. The maximum atomic E-state index is 12.5. The quantitative estimate of drug-likeness (QED) is 0.703. The van der Waals surface area contributed by atoms with Gasteiger partial charge in [0, 0.05) is 32.7 Å². The molecule has 0 saturated carbocycles. The molecule has 3 aliphatic heterocycles. The SMILES string of the molecule is CN1C(=O)OC2(CCCN(C3CCN(C(=O)OC(C)(C)C)CC3)C2)C1=O. The Bertz CT molecular complexity index is 594. The second kappa shape index (κ2) is 6.72. The van der Waals surface area contributed by atoms with Gasteiger partial charge in [0.25, 0.3) is 5.91 Å². The van der Waals surface area contributed by atoms with Gasteiger partial charge in [0.1, 0.15) is 5.60 Å². The molecule has 3 fully saturated rings. The Morgan fingerprint density at radius 3 is 2.38 bits per heavy atom. The van der Waals surface area contributed by atoms with Crippen molar-refractivity contribution >= 4 is 18.1 Å². The molecule has 0 radical (unpaired) electrons. The Morgan fingerprint density at radius 2 is 1.85 bits per heavy atom. The van der Waals surface area contributed by atoms with Crippen LogP contribution in [0.2, 0.25) is 0 Å². The minimum atomic E-state index is -1.02. The van der Waals surface area contributed by atoms with Crippen LogP contribution in [-0.2, 0) is 14.3 Å². The van der Waals surface area contributed by atoms with E-state index in [9.17, 15) is 14.4 Å². The predicted octanol–water partition coefficient (Wildman–Crippen LogP) is 1.83. The van der Waals surface area contributed by atoms with Crippen molar-refractivity contribution in [2.24, 2.45) is 0 Å². The lowest BCUT2D eigenvalue weighted by Gasteiger charge is -2.44. The summed E-state index contributed by atoms with van der Waals surface area (Å²) in [5.74, 6) is -0.238. The summed E-state index contributed by atoms with van der Waals surface area (Å²) in [6.45, 7) is 8.19. The molecule has 8 nitrogen and oxygen atoms in total. The fraction of sp³-hybridized carbons (Fsp3) is 0.833. The molecule has 146 valence electrons. The molecule has 3 rings (SSSR count). The molecule has 1 atom stereocenters. The van der Waals surface area contributed by atoms with Crippen LogP contribution < -0.4 is 0 Å². The van der Waals surface area contributed by atoms with Gasteiger partial charge in [0.05, 0.1) is 0 Å². The number of nitrogens with zero attached hydrogens (tertiary/aromatic N) is 3. The molecule has 0 aromatic rings. The Kier molecular flexibility index (Phi) is 4.90. The van der Waals surface area contributed by atoms with Crippen molar-refractivity contribution in [2.45, 2.75) is 63.7 Å². The van der Waals surface area contributed by atoms with Crippen molar-refractivity contribution in [3.63, 3.8) is 0 Å². The molecule has 0 aliphatic carbocycles. The Morgan fingerprint density at radius 1 is 1.19 bits per heavy atom. The Labute approximate surface area is 154 Å². The molecular formula is C18H29N3O5. The van der Waals surface area contributed by atoms with E-state index < -0.39 is 17.3 Å².